The minimum atomic E-state index is 0.0409. The number of carbonyl (C=O) groups is 1. The van der Waals surface area contributed by atoms with Crippen molar-refractivity contribution in [3.63, 3.8) is 0 Å². The van der Waals surface area contributed by atoms with E-state index >= 15 is 0 Å². The number of hydrogen-bond donors (Lipinski definition) is 1. The van der Waals surface area contributed by atoms with Gasteiger partial charge >= 0.3 is 0 Å². The van der Waals surface area contributed by atoms with Crippen LogP contribution < -0.4 is 5.32 Å². The van der Waals surface area contributed by atoms with E-state index in [1.165, 1.54) is 25.7 Å². The molecular weight excluding hydrogens is 326 g/mol. The third-order valence-electron chi connectivity index (χ3n) is 4.53. The van der Waals surface area contributed by atoms with Crippen LogP contribution in [0.1, 0.15) is 43.0 Å². The van der Waals surface area contributed by atoms with E-state index in [9.17, 15) is 4.79 Å². The van der Waals surface area contributed by atoms with E-state index in [2.05, 4.69) is 34.2 Å². The largest absolute Gasteiger partial charge is 0.349 e. The first-order chi connectivity index (χ1) is 10.1. The Hall–Kier alpha value is -1.35. The van der Waals surface area contributed by atoms with Crippen LogP contribution in [0.3, 0.4) is 0 Å². The summed E-state index contributed by atoms with van der Waals surface area (Å²) >= 11 is 3.47. The molecule has 1 saturated carbocycles. The lowest BCUT2D eigenvalue weighted by Gasteiger charge is -2.20. The summed E-state index contributed by atoms with van der Waals surface area (Å²) in [5.41, 5.74) is 0.745. The van der Waals surface area contributed by atoms with Gasteiger partial charge in [-0.05, 0) is 60.7 Å². The van der Waals surface area contributed by atoms with Gasteiger partial charge in [-0.2, -0.15) is 0 Å². The van der Waals surface area contributed by atoms with Gasteiger partial charge in [-0.25, -0.2) is 0 Å². The summed E-state index contributed by atoms with van der Waals surface area (Å²) in [5, 5.41) is 5.41. The molecule has 1 unspecified atom stereocenters. The fraction of sp³-hybridized carbons (Fsp3) is 0.389. The Bertz CT molecular complexity index is 661. The molecule has 3 heteroatoms. The monoisotopic (exact) mass is 345 g/mol. The second kappa shape index (κ2) is 6.18. The van der Waals surface area contributed by atoms with E-state index in [0.29, 0.717) is 5.92 Å². The molecule has 0 aromatic heterocycles. The van der Waals surface area contributed by atoms with Crippen molar-refractivity contribution in [1.82, 2.24) is 5.32 Å². The van der Waals surface area contributed by atoms with Gasteiger partial charge in [0.2, 0.25) is 0 Å². The molecule has 1 N–H and O–H groups in total. The van der Waals surface area contributed by atoms with Crippen molar-refractivity contribution in [1.29, 1.82) is 0 Å². The number of fused-ring (bicyclic) bond motifs is 1. The van der Waals surface area contributed by atoms with Gasteiger partial charge in [-0.15, -0.1) is 0 Å². The summed E-state index contributed by atoms with van der Waals surface area (Å²) in [5.74, 6) is 0.685. The predicted octanol–water partition coefficient (Wildman–Crippen LogP) is 4.91. The normalized spacial score (nSPS) is 17.0. The maximum atomic E-state index is 12.4. The lowest BCUT2D eigenvalue weighted by molar-refractivity contribution is 0.0927. The average Bonchev–Trinajstić information content (AvgIpc) is 3.01. The Labute approximate surface area is 134 Å². The molecular formula is C18H20BrNO. The van der Waals surface area contributed by atoms with Gasteiger partial charge in [-0.1, -0.05) is 40.9 Å². The molecule has 0 aliphatic heterocycles. The fourth-order valence-electron chi connectivity index (χ4n) is 3.22. The minimum absolute atomic E-state index is 0.0409. The van der Waals surface area contributed by atoms with Crippen LogP contribution in [0.15, 0.2) is 40.9 Å². The molecule has 1 fully saturated rings. The van der Waals surface area contributed by atoms with Crippen LogP contribution in [0.2, 0.25) is 0 Å². The van der Waals surface area contributed by atoms with Gasteiger partial charge in [0.25, 0.3) is 5.91 Å². The molecule has 0 heterocycles. The number of benzene rings is 2. The van der Waals surface area contributed by atoms with Gasteiger partial charge in [0, 0.05) is 16.1 Å². The first kappa shape index (κ1) is 14.6. The molecule has 2 nitrogen and oxygen atoms in total. The minimum Gasteiger partial charge on any atom is -0.349 e. The van der Waals surface area contributed by atoms with Crippen LogP contribution >= 0.6 is 15.9 Å². The third-order valence-corrected chi connectivity index (χ3v) is 5.02. The highest BCUT2D eigenvalue weighted by Crippen LogP contribution is 2.28. The molecule has 1 amide bonds. The van der Waals surface area contributed by atoms with Crippen molar-refractivity contribution in [2.24, 2.45) is 5.92 Å². The van der Waals surface area contributed by atoms with E-state index in [4.69, 9.17) is 0 Å². The molecule has 0 spiro atoms. The summed E-state index contributed by atoms with van der Waals surface area (Å²) in [6, 6.07) is 12.3. The number of halogens is 1. The lowest BCUT2D eigenvalue weighted by atomic mass is 9.99. The lowest BCUT2D eigenvalue weighted by Crippen LogP contribution is -2.37. The predicted molar refractivity (Wildman–Crippen MR) is 90.5 cm³/mol. The van der Waals surface area contributed by atoms with Crippen molar-refractivity contribution in [2.45, 2.75) is 38.6 Å². The van der Waals surface area contributed by atoms with Crippen molar-refractivity contribution in [3.05, 3.63) is 46.4 Å². The molecule has 1 aliphatic rings. The number of hydrogen-bond acceptors (Lipinski definition) is 1. The van der Waals surface area contributed by atoms with Crippen LogP contribution in [-0.2, 0) is 0 Å². The quantitative estimate of drug-likeness (QED) is 0.841. The molecule has 1 aliphatic carbocycles. The van der Waals surface area contributed by atoms with Crippen molar-refractivity contribution >= 4 is 32.6 Å². The zero-order valence-electron chi connectivity index (χ0n) is 12.2. The maximum Gasteiger partial charge on any atom is 0.251 e. The van der Waals surface area contributed by atoms with Gasteiger partial charge < -0.3 is 5.32 Å². The van der Waals surface area contributed by atoms with Crippen LogP contribution in [0.25, 0.3) is 10.8 Å². The van der Waals surface area contributed by atoms with E-state index in [1.54, 1.807) is 0 Å². The topological polar surface area (TPSA) is 29.1 Å². The Balaban J connectivity index is 1.76. The van der Waals surface area contributed by atoms with Gasteiger partial charge in [0.05, 0.1) is 0 Å². The van der Waals surface area contributed by atoms with E-state index in [1.807, 2.05) is 30.3 Å². The van der Waals surface area contributed by atoms with Gasteiger partial charge in [0.15, 0.2) is 0 Å². The van der Waals surface area contributed by atoms with Crippen LogP contribution in [0, 0.1) is 5.92 Å². The molecule has 21 heavy (non-hydrogen) atoms. The Morgan fingerprint density at radius 3 is 2.57 bits per heavy atom. The first-order valence-corrected chi connectivity index (χ1v) is 8.43. The number of nitrogens with one attached hydrogen (secondary N) is 1. The Morgan fingerprint density at radius 2 is 1.81 bits per heavy atom. The van der Waals surface area contributed by atoms with E-state index in [-0.39, 0.29) is 11.9 Å². The molecule has 0 saturated heterocycles. The van der Waals surface area contributed by atoms with Crippen molar-refractivity contribution in [2.75, 3.05) is 0 Å². The molecule has 1 atom stereocenters. The van der Waals surface area contributed by atoms with Crippen LogP contribution in [0.4, 0.5) is 0 Å². The number of amides is 1. The van der Waals surface area contributed by atoms with Crippen molar-refractivity contribution in [3.8, 4) is 0 Å². The zero-order valence-corrected chi connectivity index (χ0v) is 13.8. The summed E-state index contributed by atoms with van der Waals surface area (Å²) in [4.78, 5) is 12.4. The van der Waals surface area contributed by atoms with E-state index < -0.39 is 0 Å². The Kier molecular flexibility index (Phi) is 4.29. The molecule has 3 rings (SSSR count). The standard InChI is InChI=1S/C18H20BrNO/c1-12(13-4-2-3-5-13)20-18(21)16-7-6-15-11-17(19)9-8-14(15)10-16/h6-13H,2-5H2,1H3,(H,20,21). The smallest absolute Gasteiger partial charge is 0.251 e. The first-order valence-electron chi connectivity index (χ1n) is 7.64. The summed E-state index contributed by atoms with van der Waals surface area (Å²) in [6.07, 6.45) is 5.09. The Morgan fingerprint density at radius 1 is 1.14 bits per heavy atom. The second-order valence-corrected chi connectivity index (χ2v) is 6.93. The summed E-state index contributed by atoms with van der Waals surface area (Å²) < 4.78 is 1.06. The highest BCUT2D eigenvalue weighted by atomic mass is 79.9. The molecule has 2 aromatic carbocycles. The average molecular weight is 346 g/mol. The maximum absolute atomic E-state index is 12.4. The molecule has 110 valence electrons. The number of rotatable bonds is 3. The summed E-state index contributed by atoms with van der Waals surface area (Å²) in [6.45, 7) is 2.13. The van der Waals surface area contributed by atoms with Crippen molar-refractivity contribution < 1.29 is 4.79 Å². The van der Waals surface area contributed by atoms with E-state index in [0.717, 1.165) is 20.8 Å². The molecule has 2 aromatic rings. The molecule has 0 radical (unpaired) electrons. The second-order valence-electron chi connectivity index (χ2n) is 6.01. The third kappa shape index (κ3) is 3.29. The molecule has 0 bridgehead atoms. The number of carbonyl (C=O) groups excluding carboxylic acids is 1. The van der Waals surface area contributed by atoms with Crippen LogP contribution in [0.5, 0.6) is 0 Å². The SMILES string of the molecule is CC(NC(=O)c1ccc2cc(Br)ccc2c1)C1CCCC1. The van der Waals surface area contributed by atoms with Gasteiger partial charge in [0.1, 0.15) is 0 Å². The zero-order chi connectivity index (χ0) is 14.8. The van der Waals surface area contributed by atoms with Crippen LogP contribution in [-0.4, -0.2) is 11.9 Å². The summed E-state index contributed by atoms with van der Waals surface area (Å²) in [7, 11) is 0. The fourth-order valence-corrected chi connectivity index (χ4v) is 3.60. The highest BCUT2D eigenvalue weighted by Gasteiger charge is 2.23. The highest BCUT2D eigenvalue weighted by molar-refractivity contribution is 9.10. The van der Waals surface area contributed by atoms with Gasteiger partial charge in [-0.3, -0.25) is 4.79 Å².